The monoisotopic (exact) mass is 533 g/mol. The second-order valence-corrected chi connectivity index (χ2v) is 9.79. The van der Waals surface area contributed by atoms with Crippen molar-refractivity contribution in [3.8, 4) is 0 Å². The van der Waals surface area contributed by atoms with Crippen molar-refractivity contribution in [2.75, 3.05) is 40.8 Å². The van der Waals surface area contributed by atoms with Gasteiger partial charge in [-0.1, -0.05) is 42.5 Å². The molecule has 0 saturated heterocycles. The van der Waals surface area contributed by atoms with Crippen LogP contribution in [0, 0.1) is 0 Å². The number of carbonyl (C=O) groups excluding carboxylic acids is 3. The highest BCUT2D eigenvalue weighted by Gasteiger charge is 2.04. The molecule has 39 heavy (non-hydrogen) atoms. The zero-order chi connectivity index (χ0) is 29.0. The fourth-order valence-corrected chi connectivity index (χ4v) is 3.77. The van der Waals surface area contributed by atoms with Gasteiger partial charge in [0.1, 0.15) is 17.3 Å². The molecular formula is C31H43N5O3. The summed E-state index contributed by atoms with van der Waals surface area (Å²) in [4.78, 5) is 46.5. The van der Waals surface area contributed by atoms with Crippen LogP contribution in [0.4, 0.5) is 0 Å². The second-order valence-electron chi connectivity index (χ2n) is 9.79. The molecule has 0 N–H and O–H groups in total. The van der Waals surface area contributed by atoms with E-state index in [2.05, 4.69) is 22.1 Å². The normalized spacial score (nSPS) is 10.4. The molecular weight excluding hydrogens is 490 g/mol. The molecule has 2 heterocycles. The topological polar surface area (TPSA) is 86.7 Å². The van der Waals surface area contributed by atoms with Crippen LogP contribution in [-0.2, 0) is 34.0 Å². The summed E-state index contributed by atoms with van der Waals surface area (Å²) in [6.07, 6.45) is 5.32. The molecule has 0 saturated carbocycles. The van der Waals surface area contributed by atoms with Crippen molar-refractivity contribution in [3.63, 3.8) is 0 Å². The predicted octanol–water partition coefficient (Wildman–Crippen LogP) is 3.91. The smallest absolute Gasteiger partial charge is 0.143 e. The summed E-state index contributed by atoms with van der Waals surface area (Å²) in [6.45, 7) is 8.63. The number of nitrogens with zero attached hydrogens (tertiary/aromatic N) is 5. The Kier molecular flexibility index (Phi) is 16.7. The zero-order valence-corrected chi connectivity index (χ0v) is 24.2. The van der Waals surface area contributed by atoms with Crippen molar-refractivity contribution in [3.05, 3.63) is 96.1 Å². The minimum absolute atomic E-state index is 0.179. The standard InChI is InChI=1S/C11H15NO.2C10H14N2O/c1-10(13)8-12(2)9-11-6-4-3-5-7-11;1-9(13)7-12(2)8-10-4-3-5-11-6-10;1-9(13)7-12(2)8-10-5-3-4-6-11-10/h3-7H,8-9H2,1-2H3;2*3-6H,7-8H2,1-2H3. The number of ketones is 3. The molecule has 0 aliphatic carbocycles. The molecule has 0 unspecified atom stereocenters. The fourth-order valence-electron chi connectivity index (χ4n) is 3.77. The third-order valence-corrected chi connectivity index (χ3v) is 5.11. The van der Waals surface area contributed by atoms with Gasteiger partial charge >= 0.3 is 0 Å². The van der Waals surface area contributed by atoms with E-state index in [1.54, 1.807) is 33.2 Å². The highest BCUT2D eigenvalue weighted by atomic mass is 16.1. The SMILES string of the molecule is CC(=O)CN(C)Cc1ccccc1.CC(=O)CN(C)Cc1ccccn1.CC(=O)CN(C)Cc1cccnc1. The van der Waals surface area contributed by atoms with Crippen molar-refractivity contribution in [2.24, 2.45) is 0 Å². The maximum atomic E-state index is 10.8. The third-order valence-electron chi connectivity index (χ3n) is 5.11. The number of aromatic nitrogens is 2. The van der Waals surface area contributed by atoms with Crippen LogP contribution in [0.25, 0.3) is 0 Å². The molecule has 0 spiro atoms. The molecule has 8 nitrogen and oxygen atoms in total. The van der Waals surface area contributed by atoms with Crippen LogP contribution >= 0.6 is 0 Å². The average molecular weight is 534 g/mol. The van der Waals surface area contributed by atoms with Crippen LogP contribution in [-0.4, -0.2) is 82.8 Å². The number of pyridine rings is 2. The van der Waals surface area contributed by atoms with E-state index in [9.17, 15) is 14.4 Å². The van der Waals surface area contributed by atoms with Gasteiger partial charge in [-0.2, -0.15) is 0 Å². The molecule has 8 heteroatoms. The van der Waals surface area contributed by atoms with E-state index in [4.69, 9.17) is 0 Å². The Hall–Kier alpha value is -3.59. The number of benzene rings is 1. The summed E-state index contributed by atoms with van der Waals surface area (Å²) in [7, 11) is 5.79. The third kappa shape index (κ3) is 18.3. The second kappa shape index (κ2) is 19.5. The van der Waals surface area contributed by atoms with Gasteiger partial charge in [-0.3, -0.25) is 39.1 Å². The maximum absolute atomic E-state index is 10.8. The van der Waals surface area contributed by atoms with Crippen molar-refractivity contribution in [1.29, 1.82) is 0 Å². The predicted molar refractivity (Wildman–Crippen MR) is 156 cm³/mol. The Morgan fingerprint density at radius 1 is 0.590 bits per heavy atom. The highest BCUT2D eigenvalue weighted by Crippen LogP contribution is 2.02. The molecule has 1 aromatic carbocycles. The minimum atomic E-state index is 0.179. The van der Waals surface area contributed by atoms with Crippen LogP contribution in [0.15, 0.2) is 79.3 Å². The van der Waals surface area contributed by atoms with E-state index in [-0.39, 0.29) is 17.3 Å². The van der Waals surface area contributed by atoms with Crippen molar-refractivity contribution in [1.82, 2.24) is 24.7 Å². The fraction of sp³-hybridized carbons (Fsp3) is 0.387. The first-order chi connectivity index (χ1) is 18.5. The van der Waals surface area contributed by atoms with Crippen LogP contribution in [0.2, 0.25) is 0 Å². The molecule has 0 aliphatic heterocycles. The molecule has 3 rings (SSSR count). The molecule has 0 fully saturated rings. The lowest BCUT2D eigenvalue weighted by Gasteiger charge is -2.14. The van der Waals surface area contributed by atoms with Crippen molar-refractivity contribution in [2.45, 2.75) is 40.4 Å². The van der Waals surface area contributed by atoms with E-state index in [0.717, 1.165) is 30.9 Å². The zero-order valence-electron chi connectivity index (χ0n) is 24.2. The number of hydrogen-bond acceptors (Lipinski definition) is 8. The van der Waals surface area contributed by atoms with E-state index < -0.39 is 0 Å². The summed E-state index contributed by atoms with van der Waals surface area (Å²) < 4.78 is 0. The first kappa shape index (κ1) is 33.4. The number of carbonyl (C=O) groups is 3. The quantitative estimate of drug-likeness (QED) is 0.346. The van der Waals surface area contributed by atoms with Gasteiger partial charge in [0.15, 0.2) is 0 Å². The molecule has 0 radical (unpaired) electrons. The van der Waals surface area contributed by atoms with Gasteiger partial charge in [-0.25, -0.2) is 0 Å². The van der Waals surface area contributed by atoms with Gasteiger partial charge in [0.2, 0.25) is 0 Å². The average Bonchev–Trinajstić information content (AvgIpc) is 2.85. The molecule has 0 amide bonds. The van der Waals surface area contributed by atoms with Gasteiger partial charge < -0.3 is 0 Å². The summed E-state index contributed by atoms with van der Waals surface area (Å²) in [6, 6.07) is 19.8. The van der Waals surface area contributed by atoms with Crippen molar-refractivity contribution >= 4 is 17.3 Å². The van der Waals surface area contributed by atoms with Crippen LogP contribution < -0.4 is 0 Å². The van der Waals surface area contributed by atoms with Crippen LogP contribution in [0.1, 0.15) is 37.6 Å². The number of Topliss-reactive ketones (excluding diaryl/α,β-unsaturated/α-hetero) is 3. The molecule has 3 aromatic rings. The lowest BCUT2D eigenvalue weighted by Crippen LogP contribution is -2.24. The Bertz CT molecular complexity index is 954. The van der Waals surface area contributed by atoms with E-state index >= 15 is 0 Å². The summed E-state index contributed by atoms with van der Waals surface area (Å²) >= 11 is 0. The van der Waals surface area contributed by atoms with Gasteiger partial charge in [0.25, 0.3) is 0 Å². The van der Waals surface area contributed by atoms with Gasteiger partial charge in [0.05, 0.1) is 25.3 Å². The number of likely N-dealkylation sites (N-methyl/N-ethyl adjacent to an activating group) is 3. The molecule has 210 valence electrons. The Balaban J connectivity index is 0.000000292. The summed E-state index contributed by atoms with van der Waals surface area (Å²) in [5, 5.41) is 0. The number of rotatable bonds is 12. The summed E-state index contributed by atoms with van der Waals surface area (Å²) in [5.41, 5.74) is 3.36. The Morgan fingerprint density at radius 3 is 1.54 bits per heavy atom. The van der Waals surface area contributed by atoms with Gasteiger partial charge in [-0.05, 0) is 71.2 Å². The van der Waals surface area contributed by atoms with E-state index in [1.165, 1.54) is 5.56 Å². The first-order valence-corrected chi connectivity index (χ1v) is 12.9. The lowest BCUT2D eigenvalue weighted by atomic mass is 10.2. The molecule has 0 bridgehead atoms. The highest BCUT2D eigenvalue weighted by molar-refractivity contribution is 5.78. The Morgan fingerprint density at radius 2 is 1.08 bits per heavy atom. The van der Waals surface area contributed by atoms with Crippen molar-refractivity contribution < 1.29 is 14.4 Å². The van der Waals surface area contributed by atoms with E-state index in [1.807, 2.05) is 90.6 Å². The first-order valence-electron chi connectivity index (χ1n) is 12.9. The lowest BCUT2D eigenvalue weighted by molar-refractivity contribution is -0.118. The molecule has 0 atom stereocenters. The number of hydrogen-bond donors (Lipinski definition) is 0. The largest absolute Gasteiger partial charge is 0.299 e. The maximum Gasteiger partial charge on any atom is 0.143 e. The summed E-state index contributed by atoms with van der Waals surface area (Å²) in [5.74, 6) is 0.572. The van der Waals surface area contributed by atoms with Crippen LogP contribution in [0.3, 0.4) is 0 Å². The van der Waals surface area contributed by atoms with Crippen LogP contribution in [0.5, 0.6) is 0 Å². The Labute approximate surface area is 233 Å². The molecule has 2 aromatic heterocycles. The minimum Gasteiger partial charge on any atom is -0.299 e. The van der Waals surface area contributed by atoms with Gasteiger partial charge in [-0.15, -0.1) is 0 Å². The van der Waals surface area contributed by atoms with Gasteiger partial charge in [0, 0.05) is 38.2 Å². The van der Waals surface area contributed by atoms with E-state index in [0.29, 0.717) is 19.6 Å². The molecule has 0 aliphatic rings.